The van der Waals surface area contributed by atoms with E-state index in [9.17, 15) is 8.78 Å². The first kappa shape index (κ1) is 15.6. The highest BCUT2D eigenvalue weighted by Gasteiger charge is 2.03. The molecule has 1 N–H and O–H groups in total. The molecule has 0 unspecified atom stereocenters. The highest BCUT2D eigenvalue weighted by molar-refractivity contribution is 5.23. The Hall–Kier alpha value is -1.74. The lowest BCUT2D eigenvalue weighted by atomic mass is 10.0. The fourth-order valence-corrected chi connectivity index (χ4v) is 2.27. The second-order valence-electron chi connectivity index (χ2n) is 5.75. The molecule has 0 spiro atoms. The van der Waals surface area contributed by atoms with Crippen LogP contribution in [0.15, 0.2) is 42.5 Å². The second-order valence-corrected chi connectivity index (χ2v) is 5.75. The van der Waals surface area contributed by atoms with E-state index in [0.717, 1.165) is 18.1 Å². The van der Waals surface area contributed by atoms with Gasteiger partial charge in [-0.25, -0.2) is 8.78 Å². The van der Waals surface area contributed by atoms with Crippen molar-refractivity contribution in [2.24, 2.45) is 5.92 Å². The molecule has 0 saturated carbocycles. The molecule has 112 valence electrons. The van der Waals surface area contributed by atoms with E-state index in [4.69, 9.17) is 0 Å². The van der Waals surface area contributed by atoms with Gasteiger partial charge < -0.3 is 5.32 Å². The minimum atomic E-state index is -0.544. The highest BCUT2D eigenvalue weighted by atomic mass is 19.1. The molecule has 3 heteroatoms. The molecule has 0 aliphatic rings. The Labute approximate surface area is 125 Å². The zero-order valence-corrected chi connectivity index (χ0v) is 12.5. The van der Waals surface area contributed by atoms with Gasteiger partial charge in [-0.2, -0.15) is 0 Å². The topological polar surface area (TPSA) is 12.0 Å². The summed E-state index contributed by atoms with van der Waals surface area (Å²) < 4.78 is 26.3. The number of nitrogens with one attached hydrogen (secondary N) is 1. The fraction of sp³-hybridized carbons (Fsp3) is 0.333. The maximum atomic E-state index is 13.5. The predicted molar refractivity (Wildman–Crippen MR) is 81.9 cm³/mol. The fourth-order valence-electron chi connectivity index (χ4n) is 2.27. The average Bonchev–Trinajstić information content (AvgIpc) is 2.42. The molecular formula is C18H21F2N. The quantitative estimate of drug-likeness (QED) is 0.828. The van der Waals surface area contributed by atoms with Crippen molar-refractivity contribution >= 4 is 0 Å². The maximum absolute atomic E-state index is 13.5. The van der Waals surface area contributed by atoms with Crippen LogP contribution >= 0.6 is 0 Å². The average molecular weight is 289 g/mol. The first-order valence-corrected chi connectivity index (χ1v) is 7.27. The molecule has 0 aromatic heterocycles. The molecule has 21 heavy (non-hydrogen) atoms. The zero-order chi connectivity index (χ0) is 15.2. The Balaban J connectivity index is 1.85. The van der Waals surface area contributed by atoms with E-state index in [-0.39, 0.29) is 0 Å². The maximum Gasteiger partial charge on any atom is 0.130 e. The van der Waals surface area contributed by atoms with Crippen LogP contribution in [0, 0.1) is 17.6 Å². The van der Waals surface area contributed by atoms with Crippen LogP contribution in [-0.4, -0.2) is 0 Å². The first-order chi connectivity index (χ1) is 10.0. The molecule has 2 aromatic carbocycles. The zero-order valence-electron chi connectivity index (χ0n) is 12.5. The molecule has 0 aliphatic heterocycles. The van der Waals surface area contributed by atoms with Crippen LogP contribution < -0.4 is 5.32 Å². The van der Waals surface area contributed by atoms with E-state index in [0.29, 0.717) is 24.6 Å². The summed E-state index contributed by atoms with van der Waals surface area (Å²) in [6.45, 7) is 5.46. The van der Waals surface area contributed by atoms with Gasteiger partial charge in [0.1, 0.15) is 11.6 Å². The molecule has 0 fully saturated rings. The normalized spacial score (nSPS) is 11.1. The van der Waals surface area contributed by atoms with Gasteiger partial charge in [0.25, 0.3) is 0 Å². The lowest BCUT2D eigenvalue weighted by Gasteiger charge is -2.08. The van der Waals surface area contributed by atoms with Crippen molar-refractivity contribution in [3.63, 3.8) is 0 Å². The lowest BCUT2D eigenvalue weighted by Crippen LogP contribution is -2.13. The van der Waals surface area contributed by atoms with Gasteiger partial charge >= 0.3 is 0 Å². The Bertz CT molecular complexity index is 576. The van der Waals surface area contributed by atoms with Crippen LogP contribution in [-0.2, 0) is 19.5 Å². The van der Waals surface area contributed by atoms with Crippen molar-refractivity contribution < 1.29 is 8.78 Å². The molecule has 0 aliphatic carbocycles. The first-order valence-electron chi connectivity index (χ1n) is 7.27. The molecule has 0 amide bonds. The minimum absolute atomic E-state index is 0.389. The van der Waals surface area contributed by atoms with Gasteiger partial charge in [-0.05, 0) is 29.5 Å². The molecular weight excluding hydrogens is 268 g/mol. The van der Waals surface area contributed by atoms with Gasteiger partial charge in [0.05, 0.1) is 0 Å². The predicted octanol–water partition coefficient (Wildman–Crippen LogP) is 4.45. The standard InChI is InChI=1S/C18H21F2N/c1-13(2)9-14-3-5-15(6-4-14)11-21-12-16-7-8-17(19)10-18(16)20/h3-8,10,13,21H,9,11-12H2,1-2H3. The number of halogens is 2. The van der Waals surface area contributed by atoms with Crippen LogP contribution in [0.4, 0.5) is 8.78 Å². The number of benzene rings is 2. The Kier molecular flexibility index (Phi) is 5.45. The summed E-state index contributed by atoms with van der Waals surface area (Å²) in [5.41, 5.74) is 2.97. The Morgan fingerprint density at radius 2 is 1.57 bits per heavy atom. The van der Waals surface area contributed by atoms with Crippen LogP contribution in [0.2, 0.25) is 0 Å². The van der Waals surface area contributed by atoms with E-state index in [1.807, 2.05) is 0 Å². The summed E-state index contributed by atoms with van der Waals surface area (Å²) in [6.07, 6.45) is 1.08. The summed E-state index contributed by atoms with van der Waals surface area (Å²) in [5.74, 6) is -0.401. The SMILES string of the molecule is CC(C)Cc1ccc(CNCc2ccc(F)cc2F)cc1. The Morgan fingerprint density at radius 3 is 2.19 bits per heavy atom. The smallest absolute Gasteiger partial charge is 0.130 e. The van der Waals surface area contributed by atoms with Gasteiger partial charge in [-0.15, -0.1) is 0 Å². The van der Waals surface area contributed by atoms with Crippen LogP contribution in [0.5, 0.6) is 0 Å². The van der Waals surface area contributed by atoms with Crippen LogP contribution in [0.25, 0.3) is 0 Å². The van der Waals surface area contributed by atoms with Crippen molar-refractivity contribution in [2.75, 3.05) is 0 Å². The lowest BCUT2D eigenvalue weighted by molar-refractivity contribution is 0.560. The number of rotatable bonds is 6. The minimum Gasteiger partial charge on any atom is -0.309 e. The van der Waals surface area contributed by atoms with E-state index in [1.165, 1.54) is 17.7 Å². The van der Waals surface area contributed by atoms with Crippen molar-refractivity contribution in [1.29, 1.82) is 0 Å². The summed E-state index contributed by atoms with van der Waals surface area (Å²) in [7, 11) is 0. The van der Waals surface area contributed by atoms with E-state index >= 15 is 0 Å². The van der Waals surface area contributed by atoms with Crippen molar-refractivity contribution in [2.45, 2.75) is 33.4 Å². The van der Waals surface area contributed by atoms with Gasteiger partial charge in [-0.3, -0.25) is 0 Å². The molecule has 0 heterocycles. The summed E-state index contributed by atoms with van der Waals surface area (Å²) >= 11 is 0. The molecule has 0 bridgehead atoms. The molecule has 0 saturated heterocycles. The summed E-state index contributed by atoms with van der Waals surface area (Å²) in [5, 5.41) is 3.18. The second kappa shape index (κ2) is 7.32. The molecule has 0 atom stereocenters. The van der Waals surface area contributed by atoms with Crippen LogP contribution in [0.1, 0.15) is 30.5 Å². The molecule has 2 rings (SSSR count). The van der Waals surface area contributed by atoms with E-state index in [1.54, 1.807) is 0 Å². The van der Waals surface area contributed by atoms with Gasteiger partial charge in [-0.1, -0.05) is 44.2 Å². The van der Waals surface area contributed by atoms with Gasteiger partial charge in [0, 0.05) is 24.7 Å². The highest BCUT2D eigenvalue weighted by Crippen LogP contribution is 2.11. The van der Waals surface area contributed by atoms with Gasteiger partial charge in [0.15, 0.2) is 0 Å². The van der Waals surface area contributed by atoms with E-state index < -0.39 is 11.6 Å². The Morgan fingerprint density at radius 1 is 0.905 bits per heavy atom. The number of hydrogen-bond donors (Lipinski definition) is 1. The molecule has 1 nitrogen and oxygen atoms in total. The van der Waals surface area contributed by atoms with Crippen molar-refractivity contribution in [3.05, 3.63) is 70.8 Å². The van der Waals surface area contributed by atoms with Crippen molar-refractivity contribution in [3.8, 4) is 0 Å². The number of hydrogen-bond acceptors (Lipinski definition) is 1. The largest absolute Gasteiger partial charge is 0.309 e. The van der Waals surface area contributed by atoms with Crippen molar-refractivity contribution in [1.82, 2.24) is 5.32 Å². The third-order valence-corrected chi connectivity index (χ3v) is 3.33. The third kappa shape index (κ3) is 4.94. The van der Waals surface area contributed by atoms with Crippen LogP contribution in [0.3, 0.4) is 0 Å². The van der Waals surface area contributed by atoms with Gasteiger partial charge in [0.2, 0.25) is 0 Å². The molecule has 0 radical (unpaired) electrons. The summed E-state index contributed by atoms with van der Waals surface area (Å²) in [4.78, 5) is 0. The molecule has 2 aromatic rings. The third-order valence-electron chi connectivity index (χ3n) is 3.33. The monoisotopic (exact) mass is 289 g/mol. The summed E-state index contributed by atoms with van der Waals surface area (Å²) in [6, 6.07) is 12.1. The van der Waals surface area contributed by atoms with E-state index in [2.05, 4.69) is 43.4 Å².